The summed E-state index contributed by atoms with van der Waals surface area (Å²) in [4.78, 5) is 7.50. The Labute approximate surface area is 46.0 Å². The first kappa shape index (κ1) is 9.32. The van der Waals surface area contributed by atoms with Crippen molar-refractivity contribution >= 4 is 6.79 Å². The monoisotopic (exact) mass is 128 g/mol. The predicted molar refractivity (Wildman–Crippen MR) is 20.7 cm³/mol. The van der Waals surface area contributed by atoms with E-state index in [0.717, 1.165) is 5.36 Å². The molecule has 0 aromatic carbocycles. The summed E-state index contributed by atoms with van der Waals surface area (Å²) in [5.41, 5.74) is 0. The van der Waals surface area contributed by atoms with Gasteiger partial charge in [0.1, 0.15) is 0 Å². The molecule has 0 rings (SSSR count). The minimum absolute atomic E-state index is 0.771. The van der Waals surface area contributed by atoms with Gasteiger partial charge in [0.15, 0.2) is 0 Å². The van der Waals surface area contributed by atoms with Crippen molar-refractivity contribution in [1.29, 1.82) is 0 Å². The summed E-state index contributed by atoms with van der Waals surface area (Å²) in [6.45, 7) is 7.90. The predicted octanol–water partition coefficient (Wildman–Crippen LogP) is 0.740. The maximum absolute atomic E-state index is 7.50. The molecule has 2 heteroatoms. The Balaban J connectivity index is 0. The third-order valence-electron chi connectivity index (χ3n) is 0.0962. The van der Waals surface area contributed by atoms with Gasteiger partial charge in [0.05, 0.1) is 0 Å². The first-order valence-corrected chi connectivity index (χ1v) is 1.99. The van der Waals surface area contributed by atoms with E-state index in [2.05, 4.69) is 29.1 Å². The van der Waals surface area contributed by atoms with Gasteiger partial charge in [-0.1, -0.05) is 0 Å². The summed E-state index contributed by atoms with van der Waals surface area (Å²) in [6.07, 6.45) is 1.74. The van der Waals surface area contributed by atoms with E-state index in [1.54, 1.807) is 6.08 Å². The van der Waals surface area contributed by atoms with E-state index in [0.29, 0.717) is 0 Å². The molecule has 6 heavy (non-hydrogen) atoms. The van der Waals surface area contributed by atoms with Crippen molar-refractivity contribution in [3.63, 3.8) is 0 Å². The molecule has 0 saturated heterocycles. The van der Waals surface area contributed by atoms with Gasteiger partial charge >= 0.3 is 33.7 Å². The van der Waals surface area contributed by atoms with Crippen molar-refractivity contribution < 1.29 is 20.5 Å². The normalized spacial score (nSPS) is 5.00. The molecule has 0 fully saturated rings. The second-order valence-corrected chi connectivity index (χ2v) is 0.850. The molecule has 0 aromatic rings. The van der Waals surface area contributed by atoms with Crippen LogP contribution in [0.1, 0.15) is 0 Å². The summed E-state index contributed by atoms with van der Waals surface area (Å²) >= 11 is 3.84. The van der Waals surface area contributed by atoms with E-state index in [4.69, 9.17) is 4.79 Å². The van der Waals surface area contributed by atoms with Crippen LogP contribution in [0.4, 0.5) is 0 Å². The van der Waals surface area contributed by atoms with Crippen LogP contribution < -0.4 is 0 Å². The average molecular weight is 128 g/mol. The maximum atomic E-state index is 7.50. The summed E-state index contributed by atoms with van der Waals surface area (Å²) in [5, 5.41) is 0.771. The van der Waals surface area contributed by atoms with Gasteiger partial charge in [0.2, 0.25) is 0 Å². The minimum Gasteiger partial charge on any atom is -0.281 e. The summed E-state index contributed by atoms with van der Waals surface area (Å²) < 4.78 is 0. The van der Waals surface area contributed by atoms with Crippen LogP contribution in [0.3, 0.4) is 0 Å². The molecule has 0 heterocycles. The average Bonchev–Trinajstić information content (AvgIpc) is 1.72. The molecule has 0 aliphatic heterocycles. The maximum Gasteiger partial charge on any atom is 0.281 e. The Morgan fingerprint density at radius 1 is 1.83 bits per heavy atom. The van der Waals surface area contributed by atoms with Crippen molar-refractivity contribution in [1.82, 2.24) is 0 Å². The van der Waals surface area contributed by atoms with Crippen molar-refractivity contribution in [3.05, 3.63) is 12.7 Å². The molecule has 0 saturated carbocycles. The van der Waals surface area contributed by atoms with Crippen LogP contribution in [-0.4, -0.2) is 6.79 Å². The molecule has 0 amide bonds. The molecule has 36 valence electrons. The number of rotatable bonds is 1. The van der Waals surface area contributed by atoms with Gasteiger partial charge in [-0.25, -0.2) is 0 Å². The van der Waals surface area contributed by atoms with E-state index < -0.39 is 0 Å². The topological polar surface area (TPSA) is 17.1 Å². The standard InChI is InChI=1S/C3H5.CO.Co/c1-3-2;1-2;/h3H,1-2H2;;. The Morgan fingerprint density at radius 2 is 2.00 bits per heavy atom. The van der Waals surface area contributed by atoms with E-state index in [1.807, 2.05) is 0 Å². The molecule has 0 unspecified atom stereocenters. The van der Waals surface area contributed by atoms with E-state index in [1.165, 1.54) is 0 Å². The van der Waals surface area contributed by atoms with Gasteiger partial charge in [-0.05, 0) is 0 Å². The van der Waals surface area contributed by atoms with E-state index in [-0.39, 0.29) is 0 Å². The van der Waals surface area contributed by atoms with Crippen LogP contribution >= 0.6 is 0 Å². The third kappa shape index (κ3) is 39.7. The van der Waals surface area contributed by atoms with Gasteiger partial charge in [0, 0.05) is 0 Å². The Bertz CT molecular complexity index is 28.7. The molecule has 0 aliphatic carbocycles. The molecule has 0 aliphatic rings. The zero-order valence-corrected chi connectivity index (χ0v) is 4.27. The van der Waals surface area contributed by atoms with E-state index >= 15 is 0 Å². The number of carbonyl (C=O) groups excluding carboxylic acids is 1. The molecular weight excluding hydrogens is 123 g/mol. The second-order valence-electron chi connectivity index (χ2n) is 0.425. The zero-order valence-electron chi connectivity index (χ0n) is 3.23. The Kier molecular flexibility index (Phi) is 31.9. The largest absolute Gasteiger partial charge is 0.281 e. The van der Waals surface area contributed by atoms with Crippen molar-refractivity contribution in [3.8, 4) is 0 Å². The molecule has 1 nitrogen and oxygen atoms in total. The van der Waals surface area contributed by atoms with Crippen molar-refractivity contribution in [2.45, 2.75) is 5.36 Å². The van der Waals surface area contributed by atoms with Gasteiger partial charge in [-0.2, -0.15) is 0 Å². The minimum atomic E-state index is 0.771. The molecule has 2 radical (unpaired) electrons. The van der Waals surface area contributed by atoms with Crippen LogP contribution in [-0.2, 0) is 20.5 Å². The molecule has 0 aromatic heterocycles. The van der Waals surface area contributed by atoms with Crippen LogP contribution in [0.15, 0.2) is 12.7 Å². The Hall–Kier alpha value is -0.0835. The van der Waals surface area contributed by atoms with Crippen LogP contribution in [0.5, 0.6) is 0 Å². The van der Waals surface area contributed by atoms with Crippen molar-refractivity contribution in [2.24, 2.45) is 0 Å². The molecular formula is C4H5CoO. The van der Waals surface area contributed by atoms with Crippen molar-refractivity contribution in [2.75, 3.05) is 0 Å². The van der Waals surface area contributed by atoms with Crippen LogP contribution in [0.2, 0.25) is 5.36 Å². The summed E-state index contributed by atoms with van der Waals surface area (Å²) in [6, 6.07) is 0. The first-order chi connectivity index (χ1) is 2.91. The second kappa shape index (κ2) is 20.5. The zero-order chi connectivity index (χ0) is 5.41. The fraction of sp³-hybridized carbons (Fsp3) is 0.250. The van der Waals surface area contributed by atoms with Gasteiger partial charge < -0.3 is 0 Å². The fourth-order valence-electron chi connectivity index (χ4n) is 0. The van der Waals surface area contributed by atoms with Gasteiger partial charge in [0.25, 0.3) is 6.79 Å². The Morgan fingerprint density at radius 3 is 2.00 bits per heavy atom. The molecule has 0 atom stereocenters. The quantitative estimate of drug-likeness (QED) is 0.476. The SMILES string of the molecule is C=C[CH2][Co].[C]=O. The van der Waals surface area contributed by atoms with E-state index in [9.17, 15) is 0 Å². The van der Waals surface area contributed by atoms with Gasteiger partial charge in [-0.3, -0.25) is 4.79 Å². The molecule has 0 bridgehead atoms. The van der Waals surface area contributed by atoms with Crippen LogP contribution in [0, 0.1) is 0 Å². The summed E-state index contributed by atoms with van der Waals surface area (Å²) in [7, 11) is 0. The fourth-order valence-corrected chi connectivity index (χ4v) is 0. The molecule has 0 spiro atoms. The number of allylic oxidation sites excluding steroid dienone is 1. The number of hydrogen-bond donors (Lipinski definition) is 0. The number of hydrogen-bond acceptors (Lipinski definition) is 1. The van der Waals surface area contributed by atoms with Crippen LogP contribution in [0.25, 0.3) is 0 Å². The smallest absolute Gasteiger partial charge is 0.281 e. The third-order valence-corrected chi connectivity index (χ3v) is 0.397. The first-order valence-electron chi connectivity index (χ1n) is 1.26. The van der Waals surface area contributed by atoms with Gasteiger partial charge in [-0.15, -0.1) is 0 Å². The molecule has 0 N–H and O–H groups in total. The summed E-state index contributed by atoms with van der Waals surface area (Å²) in [5.74, 6) is 0.